The Balaban J connectivity index is 1.69. The van der Waals surface area contributed by atoms with Crippen molar-refractivity contribution in [2.45, 2.75) is 42.8 Å². The summed E-state index contributed by atoms with van der Waals surface area (Å²) in [5.41, 5.74) is 0.421. The smallest absolute Gasteiger partial charge is 0.288 e. The molecule has 2 aliphatic rings. The number of para-hydroxylation sites is 1. The third kappa shape index (κ3) is 3.74. The molecule has 1 N–H and O–H groups in total. The average molecular weight is 339 g/mol. The van der Waals surface area contributed by atoms with E-state index >= 15 is 0 Å². The number of carbonyl (C=O) groups excluding carboxylic acids is 2. The van der Waals surface area contributed by atoms with Crippen molar-refractivity contribution in [2.75, 3.05) is 5.32 Å². The molecular formula is C17H19F2NO2S. The number of anilines is 1. The largest absolute Gasteiger partial charge is 0.325 e. The first-order valence-electron chi connectivity index (χ1n) is 7.93. The van der Waals surface area contributed by atoms with Crippen molar-refractivity contribution < 1.29 is 18.4 Å². The van der Waals surface area contributed by atoms with E-state index in [-0.39, 0.29) is 23.7 Å². The number of fused-ring (bicyclic) bond motifs is 2. The molecule has 0 heterocycles. The highest BCUT2D eigenvalue weighted by molar-refractivity contribution is 7.99. The number of benzene rings is 1. The van der Waals surface area contributed by atoms with Gasteiger partial charge in [-0.05, 0) is 37.8 Å². The van der Waals surface area contributed by atoms with Gasteiger partial charge in [-0.25, -0.2) is 0 Å². The SMILES string of the molecule is O=C(Nc1ccccc1SC(F)F)C1CC2CCCC(C1)C2=O. The Morgan fingerprint density at radius 2 is 1.83 bits per heavy atom. The predicted octanol–water partition coefficient (Wildman–Crippen LogP) is 4.34. The van der Waals surface area contributed by atoms with Crippen LogP contribution in [0, 0.1) is 17.8 Å². The molecule has 3 nitrogen and oxygen atoms in total. The van der Waals surface area contributed by atoms with Crippen molar-refractivity contribution in [3.05, 3.63) is 24.3 Å². The molecule has 1 aromatic rings. The lowest BCUT2D eigenvalue weighted by Crippen LogP contribution is -2.40. The van der Waals surface area contributed by atoms with Crippen LogP contribution in [0.25, 0.3) is 0 Å². The van der Waals surface area contributed by atoms with E-state index < -0.39 is 5.76 Å². The van der Waals surface area contributed by atoms with E-state index in [2.05, 4.69) is 5.32 Å². The van der Waals surface area contributed by atoms with Crippen LogP contribution < -0.4 is 5.32 Å². The van der Waals surface area contributed by atoms with Gasteiger partial charge < -0.3 is 5.32 Å². The first-order valence-corrected chi connectivity index (χ1v) is 8.81. The van der Waals surface area contributed by atoms with Crippen molar-refractivity contribution in [2.24, 2.45) is 17.8 Å². The number of hydrogen-bond acceptors (Lipinski definition) is 3. The second-order valence-corrected chi connectivity index (χ2v) is 7.29. The number of alkyl halides is 2. The summed E-state index contributed by atoms with van der Waals surface area (Å²) < 4.78 is 25.2. The molecule has 2 unspecified atom stereocenters. The summed E-state index contributed by atoms with van der Waals surface area (Å²) in [5, 5.41) is 2.79. The van der Waals surface area contributed by atoms with Gasteiger partial charge in [0.1, 0.15) is 5.78 Å². The van der Waals surface area contributed by atoms with E-state index in [4.69, 9.17) is 0 Å². The molecule has 0 saturated heterocycles. The summed E-state index contributed by atoms with van der Waals surface area (Å²) in [6, 6.07) is 6.59. The van der Waals surface area contributed by atoms with Gasteiger partial charge in [-0.3, -0.25) is 9.59 Å². The highest BCUT2D eigenvalue weighted by atomic mass is 32.2. The molecule has 2 saturated carbocycles. The first kappa shape index (κ1) is 16.4. The minimum atomic E-state index is -2.53. The lowest BCUT2D eigenvalue weighted by Gasteiger charge is -2.37. The van der Waals surface area contributed by atoms with E-state index in [0.717, 1.165) is 19.3 Å². The fourth-order valence-corrected chi connectivity index (χ4v) is 4.29. The van der Waals surface area contributed by atoms with Crippen molar-refractivity contribution in [1.82, 2.24) is 0 Å². The van der Waals surface area contributed by atoms with Crippen LogP contribution in [0.1, 0.15) is 32.1 Å². The number of hydrogen-bond donors (Lipinski definition) is 1. The van der Waals surface area contributed by atoms with Gasteiger partial charge in [0.05, 0.1) is 5.69 Å². The van der Waals surface area contributed by atoms with Crippen LogP contribution in [0.4, 0.5) is 14.5 Å². The van der Waals surface area contributed by atoms with Crippen LogP contribution in [-0.2, 0) is 9.59 Å². The zero-order chi connectivity index (χ0) is 16.4. The van der Waals surface area contributed by atoms with Gasteiger partial charge in [-0.15, -0.1) is 0 Å². The third-order valence-corrected chi connectivity index (χ3v) is 5.57. The summed E-state index contributed by atoms with van der Waals surface area (Å²) in [6.07, 6.45) is 3.98. The highest BCUT2D eigenvalue weighted by Gasteiger charge is 2.41. The molecule has 6 heteroatoms. The van der Waals surface area contributed by atoms with E-state index in [0.29, 0.717) is 41.0 Å². The monoisotopic (exact) mass is 339 g/mol. The molecule has 1 aromatic carbocycles. The molecule has 124 valence electrons. The van der Waals surface area contributed by atoms with Crippen molar-refractivity contribution >= 4 is 29.1 Å². The summed E-state index contributed by atoms with van der Waals surface area (Å²) in [4.78, 5) is 25.0. The van der Waals surface area contributed by atoms with Crippen LogP contribution in [0.2, 0.25) is 0 Å². The minimum absolute atomic E-state index is 0.00364. The number of thioether (sulfide) groups is 1. The lowest BCUT2D eigenvalue weighted by molar-refractivity contribution is -0.136. The number of carbonyl (C=O) groups is 2. The molecule has 1 amide bonds. The number of ketones is 1. The maximum Gasteiger partial charge on any atom is 0.288 e. The van der Waals surface area contributed by atoms with Crippen LogP contribution in [0.5, 0.6) is 0 Å². The molecule has 0 aromatic heterocycles. The predicted molar refractivity (Wildman–Crippen MR) is 85.5 cm³/mol. The summed E-state index contributed by atoms with van der Waals surface area (Å²) >= 11 is 0.429. The second-order valence-electron chi connectivity index (χ2n) is 6.26. The molecule has 3 rings (SSSR count). The Hall–Kier alpha value is -1.43. The normalized spacial score (nSPS) is 27.1. The molecule has 0 radical (unpaired) electrons. The molecule has 2 fully saturated rings. The van der Waals surface area contributed by atoms with Gasteiger partial charge in [0, 0.05) is 22.6 Å². The van der Waals surface area contributed by atoms with Crippen molar-refractivity contribution in [1.29, 1.82) is 0 Å². The maximum atomic E-state index is 12.6. The maximum absolute atomic E-state index is 12.6. The summed E-state index contributed by atoms with van der Waals surface area (Å²) in [7, 11) is 0. The minimum Gasteiger partial charge on any atom is -0.325 e. The van der Waals surface area contributed by atoms with E-state index in [1.165, 1.54) is 0 Å². The zero-order valence-corrected chi connectivity index (χ0v) is 13.5. The summed E-state index contributed by atoms with van der Waals surface area (Å²) in [5.74, 6) is -2.56. The molecule has 2 atom stereocenters. The quantitative estimate of drug-likeness (QED) is 0.830. The topological polar surface area (TPSA) is 46.2 Å². The Labute approximate surface area is 138 Å². The van der Waals surface area contributed by atoms with Gasteiger partial charge in [-0.1, -0.05) is 30.3 Å². The van der Waals surface area contributed by atoms with Gasteiger partial charge in [-0.2, -0.15) is 8.78 Å². The van der Waals surface area contributed by atoms with Gasteiger partial charge in [0.15, 0.2) is 0 Å². The Morgan fingerprint density at radius 3 is 2.48 bits per heavy atom. The van der Waals surface area contributed by atoms with Crippen molar-refractivity contribution in [3.63, 3.8) is 0 Å². The zero-order valence-electron chi connectivity index (χ0n) is 12.6. The van der Waals surface area contributed by atoms with Gasteiger partial charge in [0.25, 0.3) is 5.76 Å². The van der Waals surface area contributed by atoms with Crippen LogP contribution in [0.3, 0.4) is 0 Å². The van der Waals surface area contributed by atoms with E-state index in [1.54, 1.807) is 24.3 Å². The lowest BCUT2D eigenvalue weighted by atomic mass is 9.67. The average Bonchev–Trinajstić information content (AvgIpc) is 2.48. The third-order valence-electron chi connectivity index (χ3n) is 4.78. The van der Waals surface area contributed by atoms with Crippen molar-refractivity contribution in [3.8, 4) is 0 Å². The fourth-order valence-electron chi connectivity index (χ4n) is 3.70. The Bertz CT molecular complexity index is 592. The summed E-state index contributed by atoms with van der Waals surface area (Å²) in [6.45, 7) is 0. The number of halogens is 2. The molecule has 23 heavy (non-hydrogen) atoms. The highest BCUT2D eigenvalue weighted by Crippen LogP contribution is 2.41. The number of amides is 1. The van der Waals surface area contributed by atoms with E-state index in [9.17, 15) is 18.4 Å². The number of nitrogens with one attached hydrogen (secondary N) is 1. The molecule has 0 aliphatic heterocycles. The fraction of sp³-hybridized carbons (Fsp3) is 0.529. The number of rotatable bonds is 4. The van der Waals surface area contributed by atoms with Crippen LogP contribution in [0.15, 0.2) is 29.2 Å². The molecule has 2 bridgehead atoms. The molecular weight excluding hydrogens is 320 g/mol. The van der Waals surface area contributed by atoms with Crippen LogP contribution >= 0.6 is 11.8 Å². The standard InChI is InChI=1S/C17H19F2NO2S/c18-17(19)23-14-7-2-1-6-13(14)20-16(22)12-8-10-4-3-5-11(9-12)15(10)21/h1-2,6-7,10-12,17H,3-5,8-9H2,(H,20,22). The Kier molecular flexibility index (Phi) is 4.99. The van der Waals surface area contributed by atoms with Gasteiger partial charge in [0.2, 0.25) is 5.91 Å². The molecule has 2 aliphatic carbocycles. The van der Waals surface area contributed by atoms with Gasteiger partial charge >= 0.3 is 0 Å². The second kappa shape index (κ2) is 6.99. The number of Topliss-reactive ketones (excluding diaryl/α,β-unsaturated/α-hetero) is 1. The Morgan fingerprint density at radius 1 is 1.17 bits per heavy atom. The first-order chi connectivity index (χ1) is 11.0. The molecule has 0 spiro atoms. The van der Waals surface area contributed by atoms with E-state index in [1.807, 2.05) is 0 Å². The van der Waals surface area contributed by atoms with Crippen LogP contribution in [-0.4, -0.2) is 17.4 Å².